The minimum atomic E-state index is -0.214. The average Bonchev–Trinajstić information content (AvgIpc) is 3.02. The van der Waals surface area contributed by atoms with E-state index in [-0.39, 0.29) is 6.29 Å². The zero-order valence-corrected chi connectivity index (χ0v) is 24.5. The van der Waals surface area contributed by atoms with E-state index in [1.165, 1.54) is 19.3 Å². The summed E-state index contributed by atoms with van der Waals surface area (Å²) in [6.45, 7) is 7.03. The minimum absolute atomic E-state index is 0.214. The van der Waals surface area contributed by atoms with E-state index in [9.17, 15) is 0 Å². The van der Waals surface area contributed by atoms with Crippen LogP contribution in [0.1, 0.15) is 62.1 Å². The van der Waals surface area contributed by atoms with Gasteiger partial charge in [-0.05, 0) is 81.1 Å². The van der Waals surface area contributed by atoms with Crippen molar-refractivity contribution in [2.24, 2.45) is 0 Å². The van der Waals surface area contributed by atoms with Crippen LogP contribution in [0.25, 0.3) is 11.6 Å². The maximum Gasteiger partial charge on any atom is 0.199 e. The molecule has 2 aliphatic heterocycles. The molecule has 6 nitrogen and oxygen atoms in total. The highest BCUT2D eigenvalue weighted by molar-refractivity contribution is 5.88. The largest absolute Gasteiger partial charge is 0.493 e. The maximum absolute atomic E-state index is 6.53. The summed E-state index contributed by atoms with van der Waals surface area (Å²) in [6, 6.07) is 22.2. The number of methoxy groups -OCH3 is 1. The number of benzene rings is 3. The number of hydrogen-bond acceptors (Lipinski definition) is 6. The molecule has 0 amide bonds. The highest BCUT2D eigenvalue weighted by Crippen LogP contribution is 2.43. The molecule has 0 radical (unpaired) electrons. The van der Waals surface area contributed by atoms with Crippen molar-refractivity contribution in [3.8, 4) is 23.0 Å². The summed E-state index contributed by atoms with van der Waals surface area (Å²) in [7, 11) is 1.69. The zero-order valence-electron chi connectivity index (χ0n) is 24.5. The SMILES string of the molecule is COc1ccc(OCc2ccccc2)c(/C(C)=C/c2ccccc2OC2CCCCO2)c1OCCN1CCCCC1. The quantitative estimate of drug-likeness (QED) is 0.214. The summed E-state index contributed by atoms with van der Waals surface area (Å²) >= 11 is 0. The molecular weight excluding hydrogens is 514 g/mol. The number of piperidine rings is 1. The van der Waals surface area contributed by atoms with Crippen molar-refractivity contribution >= 4 is 11.6 Å². The number of hydrogen-bond donors (Lipinski definition) is 0. The van der Waals surface area contributed by atoms with E-state index in [0.29, 0.717) is 24.7 Å². The van der Waals surface area contributed by atoms with Gasteiger partial charge >= 0.3 is 0 Å². The zero-order chi connectivity index (χ0) is 28.3. The van der Waals surface area contributed by atoms with E-state index in [1.54, 1.807) is 7.11 Å². The second kappa shape index (κ2) is 14.9. The summed E-state index contributed by atoms with van der Waals surface area (Å²) < 4.78 is 30.9. The Morgan fingerprint density at radius 3 is 2.41 bits per heavy atom. The van der Waals surface area contributed by atoms with E-state index in [4.69, 9.17) is 23.7 Å². The summed E-state index contributed by atoms with van der Waals surface area (Å²) in [5.74, 6) is 2.96. The smallest absolute Gasteiger partial charge is 0.199 e. The van der Waals surface area contributed by atoms with Crippen LogP contribution in [-0.4, -0.2) is 51.1 Å². The second-order valence-corrected chi connectivity index (χ2v) is 10.8. The molecule has 3 aromatic rings. The molecule has 0 saturated carbocycles. The van der Waals surface area contributed by atoms with Gasteiger partial charge in [-0.2, -0.15) is 0 Å². The molecule has 0 spiro atoms. The molecule has 0 bridgehead atoms. The second-order valence-electron chi connectivity index (χ2n) is 10.8. The lowest BCUT2D eigenvalue weighted by atomic mass is 10.0. The Morgan fingerprint density at radius 2 is 1.63 bits per heavy atom. The molecule has 2 saturated heterocycles. The number of allylic oxidation sites excluding steroid dienone is 1. The van der Waals surface area contributed by atoms with Crippen molar-refractivity contribution in [3.63, 3.8) is 0 Å². The fourth-order valence-electron chi connectivity index (χ4n) is 5.50. The standard InChI is InChI=1S/C35H43NO5/c1-27(25-29-15-7-8-16-30(29)41-33-17-9-12-23-38-33)34-31(40-26-28-13-5-3-6-14-28)18-19-32(37-2)35(34)39-24-22-36-20-10-4-11-21-36/h3,5-8,13-16,18-19,25,33H,4,9-12,17,20-24,26H2,1-2H3/b27-25+. The van der Waals surface area contributed by atoms with Gasteiger partial charge in [-0.15, -0.1) is 0 Å². The maximum atomic E-state index is 6.53. The number of para-hydroxylation sites is 1. The van der Waals surface area contributed by atoms with Crippen molar-refractivity contribution in [2.75, 3.05) is 40.0 Å². The molecule has 6 heteroatoms. The van der Waals surface area contributed by atoms with Crippen molar-refractivity contribution in [1.82, 2.24) is 4.90 Å². The Bertz CT molecular complexity index is 1260. The molecule has 0 aliphatic carbocycles. The number of rotatable bonds is 12. The van der Waals surface area contributed by atoms with Gasteiger partial charge in [-0.3, -0.25) is 4.90 Å². The van der Waals surface area contributed by atoms with Gasteiger partial charge in [-0.25, -0.2) is 0 Å². The van der Waals surface area contributed by atoms with Gasteiger partial charge in [0.05, 0.1) is 19.3 Å². The Labute approximate surface area is 244 Å². The highest BCUT2D eigenvalue weighted by Gasteiger charge is 2.21. The van der Waals surface area contributed by atoms with Gasteiger partial charge in [0.15, 0.2) is 17.8 Å². The van der Waals surface area contributed by atoms with Crippen molar-refractivity contribution < 1.29 is 23.7 Å². The molecule has 1 atom stereocenters. The summed E-state index contributed by atoms with van der Waals surface area (Å²) in [4.78, 5) is 2.48. The van der Waals surface area contributed by atoms with Crippen LogP contribution in [0.3, 0.4) is 0 Å². The number of likely N-dealkylation sites (tertiary alicyclic amines) is 1. The fourth-order valence-corrected chi connectivity index (χ4v) is 5.50. The molecule has 2 aliphatic rings. The Balaban J connectivity index is 1.46. The van der Waals surface area contributed by atoms with Crippen molar-refractivity contribution in [2.45, 2.75) is 58.3 Å². The predicted molar refractivity (Wildman–Crippen MR) is 164 cm³/mol. The molecule has 0 N–H and O–H groups in total. The molecule has 41 heavy (non-hydrogen) atoms. The number of nitrogens with zero attached hydrogens (tertiary/aromatic N) is 1. The molecular formula is C35H43NO5. The normalized spacial score (nSPS) is 18.1. The Hall–Kier alpha value is -3.48. The molecule has 3 aromatic carbocycles. The molecule has 5 rings (SSSR count). The van der Waals surface area contributed by atoms with Crippen molar-refractivity contribution in [1.29, 1.82) is 0 Å². The first-order chi connectivity index (χ1) is 20.2. The van der Waals surface area contributed by atoms with Crippen LogP contribution in [0.15, 0.2) is 66.7 Å². The van der Waals surface area contributed by atoms with Gasteiger partial charge in [0, 0.05) is 18.5 Å². The van der Waals surface area contributed by atoms with Crippen LogP contribution in [0.5, 0.6) is 23.0 Å². The Morgan fingerprint density at radius 1 is 0.854 bits per heavy atom. The lowest BCUT2D eigenvalue weighted by Crippen LogP contribution is -2.33. The summed E-state index contributed by atoms with van der Waals surface area (Å²) in [5.41, 5.74) is 3.98. The fraction of sp³-hybridized carbons (Fsp3) is 0.429. The van der Waals surface area contributed by atoms with E-state index in [0.717, 1.165) is 79.3 Å². The molecule has 1 unspecified atom stereocenters. The average molecular weight is 558 g/mol. The predicted octanol–water partition coefficient (Wildman–Crippen LogP) is 7.60. The minimum Gasteiger partial charge on any atom is -0.493 e. The van der Waals surface area contributed by atoms with Crippen LogP contribution in [0, 0.1) is 0 Å². The topological polar surface area (TPSA) is 49.4 Å². The van der Waals surface area contributed by atoms with Gasteiger partial charge in [0.1, 0.15) is 24.7 Å². The third kappa shape index (κ3) is 8.05. The van der Waals surface area contributed by atoms with Crippen LogP contribution in [0.2, 0.25) is 0 Å². The first-order valence-electron chi connectivity index (χ1n) is 15.0. The van der Waals surface area contributed by atoms with E-state index < -0.39 is 0 Å². The van der Waals surface area contributed by atoms with E-state index in [2.05, 4.69) is 36.1 Å². The summed E-state index contributed by atoms with van der Waals surface area (Å²) in [5, 5.41) is 0. The van der Waals surface area contributed by atoms with Crippen LogP contribution in [-0.2, 0) is 11.3 Å². The van der Waals surface area contributed by atoms with E-state index >= 15 is 0 Å². The molecule has 2 fully saturated rings. The third-order valence-electron chi connectivity index (χ3n) is 7.72. The Kier molecular flexibility index (Phi) is 10.6. The van der Waals surface area contributed by atoms with Crippen LogP contribution >= 0.6 is 0 Å². The summed E-state index contributed by atoms with van der Waals surface area (Å²) in [6.07, 6.45) is 8.86. The third-order valence-corrected chi connectivity index (χ3v) is 7.72. The monoisotopic (exact) mass is 557 g/mol. The van der Waals surface area contributed by atoms with Gasteiger partial charge < -0.3 is 23.7 Å². The first kappa shape index (κ1) is 29.0. The van der Waals surface area contributed by atoms with Gasteiger partial charge in [-0.1, -0.05) is 55.0 Å². The lowest BCUT2D eigenvalue weighted by molar-refractivity contribution is -0.106. The number of ether oxygens (including phenoxy) is 5. The lowest BCUT2D eigenvalue weighted by Gasteiger charge is -2.27. The van der Waals surface area contributed by atoms with Crippen molar-refractivity contribution in [3.05, 3.63) is 83.4 Å². The molecule has 2 heterocycles. The van der Waals surface area contributed by atoms with Crippen LogP contribution in [0.4, 0.5) is 0 Å². The molecule has 218 valence electrons. The first-order valence-corrected chi connectivity index (χ1v) is 15.0. The van der Waals surface area contributed by atoms with E-state index in [1.807, 2.05) is 48.5 Å². The van der Waals surface area contributed by atoms with Gasteiger partial charge in [0.25, 0.3) is 0 Å². The highest BCUT2D eigenvalue weighted by atomic mass is 16.7. The molecule has 0 aromatic heterocycles. The van der Waals surface area contributed by atoms with Gasteiger partial charge in [0.2, 0.25) is 0 Å². The van der Waals surface area contributed by atoms with Crippen LogP contribution < -0.4 is 18.9 Å².